The van der Waals surface area contributed by atoms with Crippen LogP contribution in [0.5, 0.6) is 0 Å². The van der Waals surface area contributed by atoms with Crippen LogP contribution in [0.1, 0.15) is 44.2 Å². The molecular weight excluding hydrogens is 354 g/mol. The molecule has 1 amide bonds. The fourth-order valence-corrected chi connectivity index (χ4v) is 4.47. The highest BCUT2D eigenvalue weighted by Gasteiger charge is 2.49. The zero-order valence-corrected chi connectivity index (χ0v) is 16.4. The fourth-order valence-electron chi connectivity index (χ4n) is 4.47. The van der Waals surface area contributed by atoms with Gasteiger partial charge in [-0.3, -0.25) is 4.79 Å². The molecule has 0 aromatic heterocycles. The maximum atomic E-state index is 13.3. The number of ether oxygens (including phenoxy) is 1. The Morgan fingerprint density at radius 1 is 1.18 bits per heavy atom. The molecular formula is C23H27NO4. The third-order valence-electron chi connectivity index (χ3n) is 6.65. The average Bonchev–Trinajstić information content (AvgIpc) is 3.00. The molecule has 0 bridgehead atoms. The zero-order valence-electron chi connectivity index (χ0n) is 16.4. The van der Waals surface area contributed by atoms with E-state index in [1.807, 2.05) is 56.3 Å². The van der Waals surface area contributed by atoms with E-state index in [0.717, 1.165) is 36.0 Å². The Kier molecular flexibility index (Phi) is 4.66. The molecule has 2 atom stereocenters. The molecule has 3 aliphatic rings. The van der Waals surface area contributed by atoms with E-state index in [0.29, 0.717) is 12.8 Å². The first kappa shape index (κ1) is 18.9. The van der Waals surface area contributed by atoms with E-state index in [2.05, 4.69) is 5.32 Å². The number of carboxylic acid groups (broad SMARTS) is 1. The van der Waals surface area contributed by atoms with Crippen LogP contribution >= 0.6 is 0 Å². The van der Waals surface area contributed by atoms with E-state index in [9.17, 15) is 14.7 Å². The first-order valence-electron chi connectivity index (χ1n) is 10.00. The van der Waals surface area contributed by atoms with Gasteiger partial charge in [0.25, 0.3) is 0 Å². The number of carbonyl (C=O) groups is 2. The lowest BCUT2D eigenvalue weighted by Crippen LogP contribution is -2.60. The Morgan fingerprint density at radius 2 is 1.82 bits per heavy atom. The first-order chi connectivity index (χ1) is 13.3. The quantitative estimate of drug-likeness (QED) is 0.821. The lowest BCUT2D eigenvalue weighted by atomic mass is 9.77. The number of rotatable bonds is 5. The monoisotopic (exact) mass is 381 g/mol. The summed E-state index contributed by atoms with van der Waals surface area (Å²) in [5.41, 5.74) is 0.889. The standard InChI is InChI=1S/C23H27NO4/c1-15-7-5-12-19(22(15,2)28-18-10-6-11-18)20(25)24-23(21(26)27)13-16-8-3-4-9-17(16)14-23/h3-5,7-9,12,18-19H,6,10-11,13-14H2,1-2H3,(H,24,25)(H,26,27). The predicted octanol–water partition coefficient (Wildman–Crippen LogP) is 3.18. The van der Waals surface area contributed by atoms with Gasteiger partial charge in [0.05, 0.1) is 12.0 Å². The van der Waals surface area contributed by atoms with E-state index in [1.54, 1.807) is 0 Å². The minimum absolute atomic E-state index is 0.166. The van der Waals surface area contributed by atoms with Crippen molar-refractivity contribution in [2.45, 2.75) is 63.2 Å². The highest BCUT2D eigenvalue weighted by Crippen LogP contribution is 2.40. The summed E-state index contributed by atoms with van der Waals surface area (Å²) in [5, 5.41) is 12.9. The second-order valence-electron chi connectivity index (χ2n) is 8.49. The van der Waals surface area contributed by atoms with E-state index in [-0.39, 0.29) is 12.0 Å². The number of allylic oxidation sites excluding steroid dienone is 2. The average molecular weight is 381 g/mol. The number of carboxylic acids is 1. The van der Waals surface area contributed by atoms with Crippen molar-refractivity contribution < 1.29 is 19.4 Å². The van der Waals surface area contributed by atoms with Crippen LogP contribution in [0.25, 0.3) is 0 Å². The number of aliphatic carboxylic acids is 1. The number of hydrogen-bond donors (Lipinski definition) is 2. The molecule has 2 N–H and O–H groups in total. The molecule has 3 aliphatic carbocycles. The molecule has 1 saturated carbocycles. The lowest BCUT2D eigenvalue weighted by molar-refractivity contribution is -0.153. The highest BCUT2D eigenvalue weighted by atomic mass is 16.5. The molecule has 0 radical (unpaired) electrons. The molecule has 0 heterocycles. The summed E-state index contributed by atoms with van der Waals surface area (Å²) < 4.78 is 6.35. The van der Waals surface area contributed by atoms with Crippen LogP contribution in [0.2, 0.25) is 0 Å². The van der Waals surface area contributed by atoms with Crippen LogP contribution < -0.4 is 5.32 Å². The van der Waals surface area contributed by atoms with Gasteiger partial charge in [-0.2, -0.15) is 0 Å². The number of hydrogen-bond acceptors (Lipinski definition) is 3. The summed E-state index contributed by atoms with van der Waals surface area (Å²) in [5.74, 6) is -1.84. The van der Waals surface area contributed by atoms with Crippen LogP contribution in [0.15, 0.2) is 48.1 Å². The van der Waals surface area contributed by atoms with Gasteiger partial charge in [-0.1, -0.05) is 42.5 Å². The smallest absolute Gasteiger partial charge is 0.330 e. The molecule has 0 saturated heterocycles. The van der Waals surface area contributed by atoms with Crippen molar-refractivity contribution in [1.82, 2.24) is 5.32 Å². The Labute approximate surface area is 165 Å². The molecule has 2 unspecified atom stereocenters. The van der Waals surface area contributed by atoms with E-state index < -0.39 is 23.0 Å². The van der Waals surface area contributed by atoms with Gasteiger partial charge >= 0.3 is 5.97 Å². The van der Waals surface area contributed by atoms with Gasteiger partial charge in [0.1, 0.15) is 11.1 Å². The molecule has 148 valence electrons. The van der Waals surface area contributed by atoms with Crippen LogP contribution in [-0.4, -0.2) is 34.2 Å². The molecule has 1 aromatic rings. The van der Waals surface area contributed by atoms with E-state index >= 15 is 0 Å². The van der Waals surface area contributed by atoms with Gasteiger partial charge in [0.2, 0.25) is 5.91 Å². The van der Waals surface area contributed by atoms with Crippen molar-refractivity contribution in [3.63, 3.8) is 0 Å². The summed E-state index contributed by atoms with van der Waals surface area (Å²) in [6.45, 7) is 3.92. The fraction of sp³-hybridized carbons (Fsp3) is 0.478. The van der Waals surface area contributed by atoms with Crippen LogP contribution in [0, 0.1) is 5.92 Å². The normalized spacial score (nSPS) is 28.2. The Balaban J connectivity index is 1.58. The van der Waals surface area contributed by atoms with Crippen LogP contribution in [0.4, 0.5) is 0 Å². The van der Waals surface area contributed by atoms with E-state index in [4.69, 9.17) is 4.74 Å². The lowest BCUT2D eigenvalue weighted by Gasteiger charge is -2.43. The minimum atomic E-state index is -1.30. The molecule has 28 heavy (non-hydrogen) atoms. The molecule has 4 rings (SSSR count). The van der Waals surface area contributed by atoms with Gasteiger partial charge in [0, 0.05) is 12.8 Å². The summed E-state index contributed by atoms with van der Waals surface area (Å²) in [6, 6.07) is 7.67. The SMILES string of the molecule is CC1=CC=CC(C(=O)NC2(C(=O)O)Cc3ccccc3C2)C1(C)OC1CCC1. The third kappa shape index (κ3) is 3.08. The van der Waals surface area contributed by atoms with Crippen LogP contribution in [0.3, 0.4) is 0 Å². The van der Waals surface area contributed by atoms with Gasteiger partial charge in [-0.05, 0) is 49.8 Å². The second kappa shape index (κ2) is 6.89. The van der Waals surface area contributed by atoms with Crippen molar-refractivity contribution in [2.75, 3.05) is 0 Å². The molecule has 0 aliphatic heterocycles. The molecule has 5 heteroatoms. The van der Waals surface area contributed by atoms with Crippen molar-refractivity contribution >= 4 is 11.9 Å². The Morgan fingerprint density at radius 3 is 2.36 bits per heavy atom. The summed E-state index contributed by atoms with van der Waals surface area (Å²) in [7, 11) is 0. The van der Waals surface area contributed by atoms with Gasteiger partial charge in [0.15, 0.2) is 0 Å². The molecule has 1 fully saturated rings. The summed E-state index contributed by atoms with van der Waals surface area (Å²) in [6.07, 6.45) is 9.60. The maximum Gasteiger partial charge on any atom is 0.330 e. The second-order valence-corrected chi connectivity index (χ2v) is 8.49. The predicted molar refractivity (Wildman–Crippen MR) is 106 cm³/mol. The first-order valence-corrected chi connectivity index (χ1v) is 10.00. The largest absolute Gasteiger partial charge is 0.479 e. The van der Waals surface area contributed by atoms with Crippen LogP contribution in [-0.2, 0) is 27.2 Å². The summed E-state index contributed by atoms with van der Waals surface area (Å²) >= 11 is 0. The number of fused-ring (bicyclic) bond motifs is 1. The topological polar surface area (TPSA) is 75.6 Å². The number of carbonyl (C=O) groups excluding carboxylic acids is 1. The van der Waals surface area contributed by atoms with Gasteiger partial charge in [-0.15, -0.1) is 0 Å². The van der Waals surface area contributed by atoms with Gasteiger partial charge in [-0.25, -0.2) is 4.79 Å². The Hall–Kier alpha value is -2.40. The zero-order chi connectivity index (χ0) is 19.9. The molecule has 0 spiro atoms. The Bertz CT molecular complexity index is 842. The van der Waals surface area contributed by atoms with Crippen molar-refractivity contribution in [3.05, 3.63) is 59.2 Å². The van der Waals surface area contributed by atoms with Crippen molar-refractivity contribution in [1.29, 1.82) is 0 Å². The van der Waals surface area contributed by atoms with Gasteiger partial charge < -0.3 is 15.2 Å². The number of benzene rings is 1. The van der Waals surface area contributed by atoms with Crippen molar-refractivity contribution in [3.8, 4) is 0 Å². The van der Waals surface area contributed by atoms with E-state index in [1.165, 1.54) is 0 Å². The number of nitrogens with one attached hydrogen (secondary N) is 1. The third-order valence-corrected chi connectivity index (χ3v) is 6.65. The summed E-state index contributed by atoms with van der Waals surface area (Å²) in [4.78, 5) is 25.5. The highest BCUT2D eigenvalue weighted by molar-refractivity contribution is 5.91. The maximum absolute atomic E-state index is 13.3. The molecule has 1 aromatic carbocycles. The molecule has 5 nitrogen and oxygen atoms in total. The number of amides is 1. The van der Waals surface area contributed by atoms with Crippen molar-refractivity contribution in [2.24, 2.45) is 5.92 Å². The minimum Gasteiger partial charge on any atom is -0.479 e.